The molecule has 0 aliphatic rings. The first kappa shape index (κ1) is 19.8. The standard InChI is InChI=1S/C21H29O3P/c1-14(2)19-11-17(7-8-21(19)22)12-20-15(3)9-18(10-16(20)4)13-24-25(5,6)23/h7-11,14,22H,12-13H2,1-6H3. The lowest BCUT2D eigenvalue weighted by Gasteiger charge is -2.16. The van der Waals surface area contributed by atoms with Gasteiger partial charge >= 0.3 is 0 Å². The SMILES string of the molecule is Cc1cc(COP(C)(C)=O)cc(C)c1Cc1ccc(O)c(C(C)C)c1. The highest BCUT2D eigenvalue weighted by molar-refractivity contribution is 7.57. The van der Waals surface area contributed by atoms with Crippen LogP contribution in [-0.2, 0) is 22.1 Å². The van der Waals surface area contributed by atoms with E-state index in [0.29, 0.717) is 18.3 Å². The fraction of sp³-hybridized carbons (Fsp3) is 0.429. The molecule has 0 aromatic heterocycles. The monoisotopic (exact) mass is 360 g/mol. The van der Waals surface area contributed by atoms with Crippen LogP contribution in [0.15, 0.2) is 30.3 Å². The summed E-state index contributed by atoms with van der Waals surface area (Å²) in [6.07, 6.45) is 0.832. The van der Waals surface area contributed by atoms with Crippen molar-refractivity contribution in [2.24, 2.45) is 0 Å². The summed E-state index contributed by atoms with van der Waals surface area (Å²) in [6, 6.07) is 10.1. The molecule has 0 radical (unpaired) electrons. The van der Waals surface area contributed by atoms with Crippen molar-refractivity contribution in [2.45, 2.75) is 46.6 Å². The predicted molar refractivity (Wildman–Crippen MR) is 105 cm³/mol. The van der Waals surface area contributed by atoms with Crippen molar-refractivity contribution >= 4 is 7.37 Å². The molecule has 0 unspecified atom stereocenters. The topological polar surface area (TPSA) is 46.5 Å². The lowest BCUT2D eigenvalue weighted by molar-refractivity contribution is 0.310. The van der Waals surface area contributed by atoms with Gasteiger partial charge in [-0.25, -0.2) is 0 Å². The molecule has 0 bridgehead atoms. The van der Waals surface area contributed by atoms with Gasteiger partial charge in [0.15, 0.2) is 7.37 Å². The van der Waals surface area contributed by atoms with Gasteiger partial charge in [0.25, 0.3) is 0 Å². The number of aromatic hydroxyl groups is 1. The Bertz CT molecular complexity index is 780. The van der Waals surface area contributed by atoms with Crippen molar-refractivity contribution in [1.82, 2.24) is 0 Å². The van der Waals surface area contributed by atoms with Crippen LogP contribution in [0.25, 0.3) is 0 Å². The number of benzene rings is 2. The van der Waals surface area contributed by atoms with Gasteiger partial charge in [-0.2, -0.15) is 0 Å². The average molecular weight is 360 g/mol. The van der Waals surface area contributed by atoms with E-state index in [9.17, 15) is 9.67 Å². The highest BCUT2D eigenvalue weighted by atomic mass is 31.2. The normalized spacial score (nSPS) is 12.0. The third kappa shape index (κ3) is 5.45. The molecule has 4 heteroatoms. The summed E-state index contributed by atoms with van der Waals surface area (Å²) in [5.74, 6) is 0.656. The van der Waals surface area contributed by atoms with Crippen LogP contribution >= 0.6 is 7.37 Å². The van der Waals surface area contributed by atoms with Gasteiger partial charge in [-0.05, 0) is 65.6 Å². The van der Waals surface area contributed by atoms with E-state index >= 15 is 0 Å². The van der Waals surface area contributed by atoms with E-state index in [1.165, 1.54) is 22.3 Å². The smallest absolute Gasteiger partial charge is 0.197 e. The number of phenols is 1. The summed E-state index contributed by atoms with van der Waals surface area (Å²) in [7, 11) is -2.47. The van der Waals surface area contributed by atoms with Crippen LogP contribution in [-0.4, -0.2) is 18.4 Å². The first-order valence-corrected chi connectivity index (χ1v) is 11.2. The second-order valence-electron chi connectivity index (χ2n) is 7.46. The minimum absolute atomic E-state index is 0.292. The molecule has 0 aliphatic heterocycles. The van der Waals surface area contributed by atoms with Gasteiger partial charge in [-0.1, -0.05) is 38.1 Å². The summed E-state index contributed by atoms with van der Waals surface area (Å²) < 4.78 is 17.2. The van der Waals surface area contributed by atoms with E-state index in [-0.39, 0.29) is 0 Å². The first-order chi connectivity index (χ1) is 11.6. The van der Waals surface area contributed by atoms with Crippen LogP contribution < -0.4 is 0 Å². The van der Waals surface area contributed by atoms with E-state index in [1.54, 1.807) is 19.4 Å². The highest BCUT2D eigenvalue weighted by Gasteiger charge is 2.12. The summed E-state index contributed by atoms with van der Waals surface area (Å²) in [5.41, 5.74) is 6.94. The van der Waals surface area contributed by atoms with Gasteiger partial charge in [-0.3, -0.25) is 4.57 Å². The Labute approximate surface area is 151 Å². The number of rotatable bonds is 6. The van der Waals surface area contributed by atoms with Crippen LogP contribution in [0.4, 0.5) is 0 Å². The molecule has 0 spiro atoms. The maximum Gasteiger partial charge on any atom is 0.197 e. The highest BCUT2D eigenvalue weighted by Crippen LogP contribution is 2.38. The Morgan fingerprint density at radius 2 is 1.64 bits per heavy atom. The molecule has 0 saturated carbocycles. The molecule has 2 aromatic carbocycles. The second-order valence-corrected chi connectivity index (χ2v) is 10.2. The predicted octanol–water partition coefficient (Wildman–Crippen LogP) is 5.78. The largest absolute Gasteiger partial charge is 0.508 e. The summed E-state index contributed by atoms with van der Waals surface area (Å²) in [4.78, 5) is 0. The zero-order chi connectivity index (χ0) is 18.8. The molecule has 2 aromatic rings. The second kappa shape index (κ2) is 7.76. The van der Waals surface area contributed by atoms with E-state index in [1.807, 2.05) is 6.07 Å². The van der Waals surface area contributed by atoms with Crippen LogP contribution in [0.3, 0.4) is 0 Å². The number of aryl methyl sites for hydroxylation is 2. The summed E-state index contributed by atoms with van der Waals surface area (Å²) >= 11 is 0. The molecule has 25 heavy (non-hydrogen) atoms. The van der Waals surface area contributed by atoms with Crippen LogP contribution in [0, 0.1) is 13.8 Å². The van der Waals surface area contributed by atoms with E-state index in [2.05, 4.69) is 45.9 Å². The van der Waals surface area contributed by atoms with E-state index in [0.717, 1.165) is 17.5 Å². The van der Waals surface area contributed by atoms with Crippen molar-refractivity contribution in [1.29, 1.82) is 0 Å². The maximum atomic E-state index is 11.7. The fourth-order valence-corrected chi connectivity index (χ4v) is 3.52. The number of hydrogen-bond acceptors (Lipinski definition) is 3. The van der Waals surface area contributed by atoms with Crippen LogP contribution in [0.2, 0.25) is 0 Å². The molecular weight excluding hydrogens is 331 g/mol. The van der Waals surface area contributed by atoms with Crippen molar-refractivity contribution in [3.63, 3.8) is 0 Å². The molecule has 0 atom stereocenters. The molecule has 0 fully saturated rings. The zero-order valence-electron chi connectivity index (χ0n) is 16.1. The average Bonchev–Trinajstić information content (AvgIpc) is 2.49. The first-order valence-electron chi connectivity index (χ1n) is 8.67. The zero-order valence-corrected chi connectivity index (χ0v) is 17.0. The van der Waals surface area contributed by atoms with Crippen LogP contribution in [0.1, 0.15) is 53.1 Å². The molecule has 0 heterocycles. The number of hydrogen-bond donors (Lipinski definition) is 1. The molecular formula is C21H29O3P. The van der Waals surface area contributed by atoms with Gasteiger partial charge in [0.05, 0.1) is 6.61 Å². The Morgan fingerprint density at radius 1 is 1.04 bits per heavy atom. The van der Waals surface area contributed by atoms with Crippen LogP contribution in [0.5, 0.6) is 5.75 Å². The third-order valence-corrected chi connectivity index (χ3v) is 5.14. The molecule has 2 rings (SSSR count). The van der Waals surface area contributed by atoms with Gasteiger partial charge in [0.1, 0.15) is 5.75 Å². The molecule has 0 saturated heterocycles. The molecule has 1 N–H and O–H groups in total. The molecule has 0 amide bonds. The molecule has 3 nitrogen and oxygen atoms in total. The summed E-state index contributed by atoms with van der Waals surface area (Å²) in [5, 5.41) is 10.0. The number of phenolic OH excluding ortho intramolecular Hbond substituents is 1. The van der Waals surface area contributed by atoms with Crippen molar-refractivity contribution in [2.75, 3.05) is 13.3 Å². The van der Waals surface area contributed by atoms with Crippen molar-refractivity contribution in [3.05, 3.63) is 63.7 Å². The summed E-state index contributed by atoms with van der Waals surface area (Å²) in [6.45, 7) is 12.0. The van der Waals surface area contributed by atoms with Gasteiger partial charge in [-0.15, -0.1) is 0 Å². The Balaban J connectivity index is 2.26. The maximum absolute atomic E-state index is 11.7. The lowest BCUT2D eigenvalue weighted by atomic mass is 9.92. The quantitative estimate of drug-likeness (QED) is 0.665. The Kier molecular flexibility index (Phi) is 6.13. The van der Waals surface area contributed by atoms with Gasteiger partial charge in [0, 0.05) is 13.3 Å². The van der Waals surface area contributed by atoms with E-state index in [4.69, 9.17) is 4.52 Å². The minimum atomic E-state index is -2.47. The van der Waals surface area contributed by atoms with Gasteiger partial charge in [0.2, 0.25) is 0 Å². The van der Waals surface area contributed by atoms with Crippen molar-refractivity contribution < 1.29 is 14.2 Å². The Morgan fingerprint density at radius 3 is 2.16 bits per heavy atom. The third-order valence-electron chi connectivity index (χ3n) is 4.39. The minimum Gasteiger partial charge on any atom is -0.508 e. The molecule has 0 aliphatic carbocycles. The molecule has 136 valence electrons. The van der Waals surface area contributed by atoms with E-state index < -0.39 is 7.37 Å². The van der Waals surface area contributed by atoms with Gasteiger partial charge < -0.3 is 9.63 Å². The lowest BCUT2D eigenvalue weighted by Crippen LogP contribution is -2.00. The van der Waals surface area contributed by atoms with Crippen molar-refractivity contribution in [3.8, 4) is 5.75 Å². The Hall–Kier alpha value is -1.57. The fourth-order valence-electron chi connectivity index (χ4n) is 3.06.